The zero-order chi connectivity index (χ0) is 27.6. The van der Waals surface area contributed by atoms with Crippen molar-refractivity contribution in [1.82, 2.24) is 4.90 Å². The van der Waals surface area contributed by atoms with Gasteiger partial charge in [0.05, 0.1) is 51.5 Å². The number of carbonyl (C=O) groups is 3. The number of halogens is 4. The molecule has 0 unspecified atom stereocenters. The Morgan fingerprint density at radius 1 is 0.658 bits per heavy atom. The van der Waals surface area contributed by atoms with Crippen LogP contribution in [-0.4, -0.2) is 42.9 Å². The fraction of sp³-hybridized carbons (Fsp3) is 0.222. The molecule has 0 radical (unpaired) electrons. The van der Waals surface area contributed by atoms with Gasteiger partial charge in [-0.3, -0.25) is 19.3 Å². The maximum atomic E-state index is 13.8. The second-order valence-electron chi connectivity index (χ2n) is 8.97. The Morgan fingerprint density at radius 3 is 1.76 bits per heavy atom. The van der Waals surface area contributed by atoms with E-state index in [2.05, 4.69) is 0 Å². The molecule has 7 nitrogen and oxygen atoms in total. The third-order valence-electron chi connectivity index (χ3n) is 7.00. The summed E-state index contributed by atoms with van der Waals surface area (Å²) in [4.78, 5) is 43.4. The number of hydrogen-bond donors (Lipinski definition) is 0. The molecule has 0 bridgehead atoms. The summed E-state index contributed by atoms with van der Waals surface area (Å²) in [5, 5.41) is -0.684. The Kier molecular flexibility index (Phi) is 6.76. The molecule has 11 heteroatoms. The van der Waals surface area contributed by atoms with Crippen molar-refractivity contribution in [3.05, 3.63) is 84.3 Å². The summed E-state index contributed by atoms with van der Waals surface area (Å²) in [6, 6.07) is 8.84. The standard InChI is InChI=1S/C27H20Cl4N2O5/c1-11-5-7-14(9-12(11)2)32-23(13-6-8-15(37-3)16(10-13)38-4)24(27(32)36)33-25(34)17-18(26(33)35)20(29)22(31)21(30)19(17)28/h5-10,23-24H,1-4H3/t23-,24+/m0/s1. The molecule has 3 aromatic carbocycles. The van der Waals surface area contributed by atoms with Crippen molar-refractivity contribution in [2.75, 3.05) is 19.1 Å². The summed E-state index contributed by atoms with van der Waals surface area (Å²) < 4.78 is 10.8. The number of rotatable bonds is 5. The molecule has 2 heterocycles. The van der Waals surface area contributed by atoms with Gasteiger partial charge in [0.2, 0.25) is 0 Å². The van der Waals surface area contributed by atoms with Gasteiger partial charge < -0.3 is 14.4 Å². The van der Waals surface area contributed by atoms with E-state index in [4.69, 9.17) is 55.9 Å². The number of benzene rings is 3. The van der Waals surface area contributed by atoms with E-state index in [9.17, 15) is 14.4 Å². The molecule has 3 aromatic rings. The SMILES string of the molecule is COc1ccc([C@H]2[C@@H](N3C(=O)c4c(Cl)c(Cl)c(Cl)c(Cl)c4C3=O)C(=O)N2c2ccc(C)c(C)c2)cc1OC. The van der Waals surface area contributed by atoms with Crippen molar-refractivity contribution in [2.24, 2.45) is 0 Å². The van der Waals surface area contributed by atoms with Crippen LogP contribution in [-0.2, 0) is 4.79 Å². The van der Waals surface area contributed by atoms with Gasteiger partial charge in [-0.2, -0.15) is 0 Å². The number of anilines is 1. The van der Waals surface area contributed by atoms with Gasteiger partial charge in [-0.1, -0.05) is 58.5 Å². The Bertz CT molecular complexity index is 1510. The van der Waals surface area contributed by atoms with Crippen LogP contribution in [0, 0.1) is 13.8 Å². The zero-order valence-corrected chi connectivity index (χ0v) is 23.6. The topological polar surface area (TPSA) is 76.2 Å². The van der Waals surface area contributed by atoms with Crippen molar-refractivity contribution in [3.8, 4) is 11.5 Å². The van der Waals surface area contributed by atoms with Crippen LogP contribution in [0.1, 0.15) is 43.4 Å². The number of imide groups is 1. The number of carbonyl (C=O) groups excluding carboxylic acids is 3. The van der Waals surface area contributed by atoms with Crippen molar-refractivity contribution in [1.29, 1.82) is 0 Å². The van der Waals surface area contributed by atoms with Gasteiger partial charge in [0.15, 0.2) is 11.5 Å². The Hall–Kier alpha value is -2.97. The highest BCUT2D eigenvalue weighted by Crippen LogP contribution is 2.50. The molecule has 5 rings (SSSR count). The van der Waals surface area contributed by atoms with Crippen LogP contribution in [0.15, 0.2) is 36.4 Å². The quantitative estimate of drug-likeness (QED) is 0.143. The number of β-lactam (4-membered cyclic amide) rings is 1. The van der Waals surface area contributed by atoms with E-state index >= 15 is 0 Å². The summed E-state index contributed by atoms with van der Waals surface area (Å²) in [6.07, 6.45) is 0. The highest BCUT2D eigenvalue weighted by molar-refractivity contribution is 6.55. The number of methoxy groups -OCH3 is 2. The maximum absolute atomic E-state index is 13.8. The minimum absolute atomic E-state index is 0.145. The Labute approximate surface area is 238 Å². The van der Waals surface area contributed by atoms with E-state index in [1.807, 2.05) is 32.0 Å². The van der Waals surface area contributed by atoms with Crippen LogP contribution in [0.2, 0.25) is 20.1 Å². The Balaban J connectivity index is 1.66. The second kappa shape index (κ2) is 9.65. The first kappa shape index (κ1) is 26.6. The molecule has 3 amide bonds. The predicted molar refractivity (Wildman–Crippen MR) is 146 cm³/mol. The van der Waals surface area contributed by atoms with Crippen LogP contribution in [0.5, 0.6) is 11.5 Å². The fourth-order valence-corrected chi connectivity index (χ4v) is 5.89. The molecule has 0 saturated carbocycles. The summed E-state index contributed by atoms with van der Waals surface area (Å²) in [7, 11) is 3.00. The van der Waals surface area contributed by atoms with Gasteiger partial charge in [-0.25, -0.2) is 0 Å². The van der Waals surface area contributed by atoms with Gasteiger partial charge in [0, 0.05) is 5.69 Å². The lowest BCUT2D eigenvalue weighted by atomic mass is 9.85. The average molecular weight is 594 g/mol. The highest BCUT2D eigenvalue weighted by atomic mass is 35.5. The van der Waals surface area contributed by atoms with E-state index in [-0.39, 0.29) is 31.2 Å². The molecule has 38 heavy (non-hydrogen) atoms. The van der Waals surface area contributed by atoms with E-state index in [1.165, 1.54) is 14.2 Å². The average Bonchev–Trinajstić information content (AvgIpc) is 3.16. The van der Waals surface area contributed by atoms with Crippen molar-refractivity contribution >= 4 is 69.8 Å². The molecule has 0 spiro atoms. The molecule has 1 fully saturated rings. The molecule has 0 aliphatic carbocycles. The van der Waals surface area contributed by atoms with Gasteiger partial charge in [0.1, 0.15) is 6.04 Å². The maximum Gasteiger partial charge on any atom is 0.264 e. The monoisotopic (exact) mass is 592 g/mol. The molecule has 2 atom stereocenters. The molecule has 0 N–H and O–H groups in total. The number of aryl methyl sites for hydroxylation is 2. The number of nitrogens with zero attached hydrogens (tertiary/aromatic N) is 2. The fourth-order valence-electron chi connectivity index (χ4n) is 4.88. The van der Waals surface area contributed by atoms with Crippen molar-refractivity contribution in [3.63, 3.8) is 0 Å². The van der Waals surface area contributed by atoms with Gasteiger partial charge in [-0.15, -0.1) is 0 Å². The lowest BCUT2D eigenvalue weighted by Crippen LogP contribution is -2.67. The largest absolute Gasteiger partial charge is 0.493 e. The molecular weight excluding hydrogens is 574 g/mol. The lowest BCUT2D eigenvalue weighted by Gasteiger charge is -2.50. The molecule has 1 saturated heterocycles. The predicted octanol–water partition coefficient (Wildman–Crippen LogP) is 6.69. The number of fused-ring (bicyclic) bond motifs is 1. The third kappa shape index (κ3) is 3.75. The highest BCUT2D eigenvalue weighted by Gasteiger charge is 2.58. The lowest BCUT2D eigenvalue weighted by molar-refractivity contribution is -0.130. The van der Waals surface area contributed by atoms with E-state index in [1.54, 1.807) is 23.1 Å². The summed E-state index contributed by atoms with van der Waals surface area (Å²) >= 11 is 25.0. The van der Waals surface area contributed by atoms with E-state index in [0.29, 0.717) is 22.7 Å². The first-order valence-electron chi connectivity index (χ1n) is 11.4. The third-order valence-corrected chi connectivity index (χ3v) is 8.80. The smallest absolute Gasteiger partial charge is 0.264 e. The van der Waals surface area contributed by atoms with E-state index in [0.717, 1.165) is 16.0 Å². The molecule has 0 aromatic heterocycles. The minimum atomic E-state index is -1.19. The summed E-state index contributed by atoms with van der Waals surface area (Å²) in [5.41, 5.74) is 2.91. The molecule has 196 valence electrons. The van der Waals surface area contributed by atoms with Crippen LogP contribution in [0.4, 0.5) is 5.69 Å². The van der Waals surface area contributed by atoms with Gasteiger partial charge >= 0.3 is 0 Å². The minimum Gasteiger partial charge on any atom is -0.493 e. The van der Waals surface area contributed by atoms with Crippen LogP contribution in [0.25, 0.3) is 0 Å². The Morgan fingerprint density at radius 2 is 1.24 bits per heavy atom. The first-order chi connectivity index (χ1) is 18.0. The summed E-state index contributed by atoms with van der Waals surface area (Å²) in [6.45, 7) is 3.90. The second-order valence-corrected chi connectivity index (χ2v) is 10.5. The number of ether oxygens (including phenoxy) is 2. The molecule has 2 aliphatic heterocycles. The normalized spacial score (nSPS) is 18.6. The molecule has 2 aliphatic rings. The van der Waals surface area contributed by atoms with Crippen molar-refractivity contribution in [2.45, 2.75) is 25.9 Å². The zero-order valence-electron chi connectivity index (χ0n) is 20.6. The van der Waals surface area contributed by atoms with Gasteiger partial charge in [0.25, 0.3) is 17.7 Å². The summed E-state index contributed by atoms with van der Waals surface area (Å²) in [5.74, 6) is -1.10. The van der Waals surface area contributed by atoms with Crippen LogP contribution < -0.4 is 14.4 Å². The van der Waals surface area contributed by atoms with Crippen LogP contribution >= 0.6 is 46.4 Å². The van der Waals surface area contributed by atoms with Crippen LogP contribution in [0.3, 0.4) is 0 Å². The number of amides is 3. The van der Waals surface area contributed by atoms with Gasteiger partial charge in [-0.05, 0) is 54.8 Å². The van der Waals surface area contributed by atoms with E-state index < -0.39 is 29.8 Å². The first-order valence-corrected chi connectivity index (χ1v) is 12.9. The van der Waals surface area contributed by atoms with Crippen molar-refractivity contribution < 1.29 is 23.9 Å². The number of hydrogen-bond acceptors (Lipinski definition) is 5. The molecular formula is C27H20Cl4N2O5.